The van der Waals surface area contributed by atoms with Gasteiger partial charge in [-0.05, 0) is 37.1 Å². The highest BCUT2D eigenvalue weighted by molar-refractivity contribution is 5.73. The van der Waals surface area contributed by atoms with Crippen LogP contribution in [0.5, 0.6) is 11.6 Å². The van der Waals surface area contributed by atoms with E-state index in [0.29, 0.717) is 24.4 Å². The highest BCUT2D eigenvalue weighted by atomic mass is 16.5. The van der Waals surface area contributed by atoms with Crippen LogP contribution < -0.4 is 9.47 Å². The smallest absolute Gasteiger partial charge is 0.312 e. The van der Waals surface area contributed by atoms with Crippen molar-refractivity contribution in [2.75, 3.05) is 0 Å². The standard InChI is InChI=1S/C26H36N2O4/c1-3-5-7-9-10-12-13-24(29)31-22-17-15-21(16-18-22)26-27-20-19-23(28-26)32-25(30)14-11-8-6-4-2/h15-20H,3-14H2,1-2H3. The summed E-state index contributed by atoms with van der Waals surface area (Å²) in [5.74, 6) is 0.700. The molecule has 0 aliphatic carbocycles. The van der Waals surface area contributed by atoms with Crippen LogP contribution >= 0.6 is 0 Å². The summed E-state index contributed by atoms with van der Waals surface area (Å²) in [6, 6.07) is 8.61. The number of hydrogen-bond donors (Lipinski definition) is 0. The molecule has 0 aliphatic rings. The SMILES string of the molecule is CCCCCCCCC(=O)Oc1ccc(-c2nccc(OC(=O)CCCCCC)n2)cc1. The van der Waals surface area contributed by atoms with Crippen LogP contribution in [0.1, 0.15) is 90.9 Å². The molecule has 2 rings (SSSR count). The molecule has 1 aromatic carbocycles. The van der Waals surface area contributed by atoms with Gasteiger partial charge in [0, 0.05) is 30.7 Å². The van der Waals surface area contributed by atoms with Gasteiger partial charge < -0.3 is 9.47 Å². The molecule has 174 valence electrons. The van der Waals surface area contributed by atoms with Crippen LogP contribution in [0.4, 0.5) is 0 Å². The Kier molecular flexibility index (Phi) is 12.0. The minimum absolute atomic E-state index is 0.211. The topological polar surface area (TPSA) is 78.4 Å². The van der Waals surface area contributed by atoms with E-state index in [4.69, 9.17) is 9.47 Å². The molecule has 0 radical (unpaired) electrons. The van der Waals surface area contributed by atoms with Gasteiger partial charge in [-0.2, -0.15) is 4.98 Å². The van der Waals surface area contributed by atoms with Crippen LogP contribution in [-0.2, 0) is 9.59 Å². The van der Waals surface area contributed by atoms with E-state index in [0.717, 1.165) is 44.1 Å². The lowest BCUT2D eigenvalue weighted by Crippen LogP contribution is -2.09. The predicted molar refractivity (Wildman–Crippen MR) is 125 cm³/mol. The number of aromatic nitrogens is 2. The summed E-state index contributed by atoms with van der Waals surface area (Å²) in [6.45, 7) is 4.32. The van der Waals surface area contributed by atoms with E-state index in [2.05, 4.69) is 23.8 Å². The van der Waals surface area contributed by atoms with Crippen molar-refractivity contribution in [1.82, 2.24) is 9.97 Å². The summed E-state index contributed by atoms with van der Waals surface area (Å²) in [4.78, 5) is 32.6. The van der Waals surface area contributed by atoms with Gasteiger partial charge >= 0.3 is 11.9 Å². The van der Waals surface area contributed by atoms with Gasteiger partial charge in [-0.3, -0.25) is 9.59 Å². The first kappa shape index (κ1) is 25.5. The lowest BCUT2D eigenvalue weighted by atomic mass is 10.1. The van der Waals surface area contributed by atoms with E-state index < -0.39 is 0 Å². The highest BCUT2D eigenvalue weighted by Gasteiger charge is 2.10. The predicted octanol–water partition coefficient (Wildman–Crippen LogP) is 6.68. The van der Waals surface area contributed by atoms with Crippen LogP contribution in [-0.4, -0.2) is 21.9 Å². The molecule has 0 saturated carbocycles. The van der Waals surface area contributed by atoms with E-state index in [1.165, 1.54) is 25.7 Å². The van der Waals surface area contributed by atoms with Gasteiger partial charge in [0.25, 0.3) is 0 Å². The van der Waals surface area contributed by atoms with Crippen LogP contribution in [0.2, 0.25) is 0 Å². The van der Waals surface area contributed by atoms with Crippen molar-refractivity contribution in [3.8, 4) is 23.0 Å². The molecule has 6 heteroatoms. The number of ether oxygens (including phenoxy) is 2. The first-order chi connectivity index (χ1) is 15.6. The number of rotatable bonds is 15. The Morgan fingerprint density at radius 1 is 0.719 bits per heavy atom. The number of unbranched alkanes of at least 4 members (excludes halogenated alkanes) is 8. The van der Waals surface area contributed by atoms with Crippen molar-refractivity contribution in [3.05, 3.63) is 36.5 Å². The summed E-state index contributed by atoms with van der Waals surface area (Å²) in [5.41, 5.74) is 0.751. The Hall–Kier alpha value is -2.76. The fraction of sp³-hybridized carbons (Fsp3) is 0.538. The van der Waals surface area contributed by atoms with Gasteiger partial charge in [0.05, 0.1) is 0 Å². The maximum Gasteiger partial charge on any atom is 0.312 e. The second kappa shape index (κ2) is 15.1. The molecular formula is C26H36N2O4. The summed E-state index contributed by atoms with van der Waals surface area (Å²) in [6.07, 6.45) is 13.3. The Balaban J connectivity index is 1.81. The summed E-state index contributed by atoms with van der Waals surface area (Å²) in [7, 11) is 0. The second-order valence-corrected chi connectivity index (χ2v) is 8.02. The number of esters is 2. The van der Waals surface area contributed by atoms with Crippen molar-refractivity contribution in [3.63, 3.8) is 0 Å². The van der Waals surface area contributed by atoms with Crippen LogP contribution in [0.15, 0.2) is 36.5 Å². The average Bonchev–Trinajstić information content (AvgIpc) is 2.80. The van der Waals surface area contributed by atoms with E-state index in [1.807, 2.05) is 0 Å². The van der Waals surface area contributed by atoms with Crippen molar-refractivity contribution in [2.24, 2.45) is 0 Å². The Morgan fingerprint density at radius 3 is 1.94 bits per heavy atom. The maximum atomic E-state index is 12.0. The van der Waals surface area contributed by atoms with Crippen molar-refractivity contribution in [1.29, 1.82) is 0 Å². The van der Waals surface area contributed by atoms with E-state index in [9.17, 15) is 9.59 Å². The first-order valence-electron chi connectivity index (χ1n) is 12.0. The molecule has 2 aromatic rings. The van der Waals surface area contributed by atoms with Gasteiger partial charge in [-0.1, -0.05) is 65.2 Å². The summed E-state index contributed by atoms with van der Waals surface area (Å²) < 4.78 is 10.8. The largest absolute Gasteiger partial charge is 0.427 e. The molecule has 0 N–H and O–H groups in total. The van der Waals surface area contributed by atoms with Crippen molar-refractivity contribution < 1.29 is 19.1 Å². The third kappa shape index (κ3) is 10.0. The van der Waals surface area contributed by atoms with Crippen LogP contribution in [0.25, 0.3) is 11.4 Å². The first-order valence-corrected chi connectivity index (χ1v) is 12.0. The molecule has 0 saturated heterocycles. The molecule has 32 heavy (non-hydrogen) atoms. The Morgan fingerprint density at radius 2 is 1.28 bits per heavy atom. The summed E-state index contributed by atoms with van der Waals surface area (Å²) >= 11 is 0. The molecule has 0 atom stereocenters. The van der Waals surface area contributed by atoms with Gasteiger partial charge in [0.2, 0.25) is 5.88 Å². The Labute approximate surface area is 191 Å². The van der Waals surface area contributed by atoms with E-state index in [1.54, 1.807) is 36.5 Å². The number of carbonyl (C=O) groups is 2. The molecule has 0 fully saturated rings. The fourth-order valence-corrected chi connectivity index (χ4v) is 3.31. The zero-order valence-corrected chi connectivity index (χ0v) is 19.5. The van der Waals surface area contributed by atoms with Crippen molar-refractivity contribution in [2.45, 2.75) is 90.9 Å². The highest BCUT2D eigenvalue weighted by Crippen LogP contribution is 2.22. The van der Waals surface area contributed by atoms with E-state index in [-0.39, 0.29) is 17.8 Å². The molecule has 6 nitrogen and oxygen atoms in total. The monoisotopic (exact) mass is 440 g/mol. The van der Waals surface area contributed by atoms with Gasteiger partial charge in [0.1, 0.15) is 5.75 Å². The molecular weight excluding hydrogens is 404 g/mol. The molecule has 0 aliphatic heterocycles. The number of carbonyl (C=O) groups excluding carboxylic acids is 2. The molecule has 1 aromatic heterocycles. The maximum absolute atomic E-state index is 12.0. The van der Waals surface area contributed by atoms with E-state index >= 15 is 0 Å². The molecule has 0 unspecified atom stereocenters. The minimum Gasteiger partial charge on any atom is -0.427 e. The fourth-order valence-electron chi connectivity index (χ4n) is 3.31. The zero-order chi connectivity index (χ0) is 23.0. The molecule has 0 bridgehead atoms. The number of nitrogens with zero attached hydrogens (tertiary/aromatic N) is 2. The van der Waals surface area contributed by atoms with Crippen LogP contribution in [0, 0.1) is 0 Å². The molecule has 0 spiro atoms. The van der Waals surface area contributed by atoms with Crippen LogP contribution in [0.3, 0.4) is 0 Å². The van der Waals surface area contributed by atoms with Crippen molar-refractivity contribution >= 4 is 11.9 Å². The normalized spacial score (nSPS) is 10.7. The minimum atomic E-state index is -0.279. The van der Waals surface area contributed by atoms with Gasteiger partial charge in [-0.25, -0.2) is 4.98 Å². The molecule has 0 amide bonds. The third-order valence-corrected chi connectivity index (χ3v) is 5.16. The third-order valence-electron chi connectivity index (χ3n) is 5.16. The quantitative estimate of drug-likeness (QED) is 0.175. The van der Waals surface area contributed by atoms with Gasteiger partial charge in [0.15, 0.2) is 5.82 Å². The lowest BCUT2D eigenvalue weighted by molar-refractivity contribution is -0.135. The van der Waals surface area contributed by atoms with Gasteiger partial charge in [-0.15, -0.1) is 0 Å². The summed E-state index contributed by atoms with van der Waals surface area (Å²) in [5, 5.41) is 0. The Bertz CT molecular complexity index is 821. The number of hydrogen-bond acceptors (Lipinski definition) is 6. The zero-order valence-electron chi connectivity index (χ0n) is 19.5. The molecule has 1 heterocycles. The lowest BCUT2D eigenvalue weighted by Gasteiger charge is -2.07. The average molecular weight is 441 g/mol. The second-order valence-electron chi connectivity index (χ2n) is 8.02. The number of benzene rings is 1.